The summed E-state index contributed by atoms with van der Waals surface area (Å²) in [5.41, 5.74) is 0.890. The lowest BCUT2D eigenvalue weighted by Crippen LogP contribution is -2.49. The second kappa shape index (κ2) is 8.51. The average Bonchev–Trinajstić information content (AvgIpc) is 2.45. The van der Waals surface area contributed by atoms with Crippen LogP contribution < -0.4 is 16.0 Å². The van der Waals surface area contributed by atoms with Crippen LogP contribution in [-0.4, -0.2) is 37.5 Å². The highest BCUT2D eigenvalue weighted by Crippen LogP contribution is 2.29. The third kappa shape index (κ3) is 6.91. The summed E-state index contributed by atoms with van der Waals surface area (Å²) in [5.74, 6) is 0.551. The number of nitrogens with zero attached hydrogens (tertiary/aromatic N) is 1. The standard InChI is InChI=1S/C18H29BrN4O/c1-17(2,3)23-15(24)11-21-16(20-6)22-12-18(4,5)13-9-7-8-10-14(13)19/h7-10H,11-12H2,1-6H3,(H,23,24)(H2,20,21,22). The lowest BCUT2D eigenvalue weighted by Gasteiger charge is -2.28. The molecular weight excluding hydrogens is 368 g/mol. The fraction of sp³-hybridized carbons (Fsp3) is 0.556. The zero-order valence-electron chi connectivity index (χ0n) is 15.5. The number of carbonyl (C=O) groups is 1. The molecule has 0 aliphatic carbocycles. The highest BCUT2D eigenvalue weighted by molar-refractivity contribution is 9.10. The molecule has 0 heterocycles. The van der Waals surface area contributed by atoms with Gasteiger partial charge in [0.15, 0.2) is 5.96 Å². The molecule has 1 aromatic rings. The molecule has 0 bridgehead atoms. The number of carbonyl (C=O) groups excluding carboxylic acids is 1. The molecule has 24 heavy (non-hydrogen) atoms. The van der Waals surface area contributed by atoms with Gasteiger partial charge in [0.1, 0.15) is 0 Å². The zero-order valence-corrected chi connectivity index (χ0v) is 17.0. The molecule has 0 radical (unpaired) electrons. The highest BCUT2D eigenvalue weighted by Gasteiger charge is 2.23. The van der Waals surface area contributed by atoms with E-state index in [1.54, 1.807) is 7.05 Å². The van der Waals surface area contributed by atoms with Gasteiger partial charge in [0.2, 0.25) is 5.91 Å². The fourth-order valence-electron chi connectivity index (χ4n) is 2.26. The SMILES string of the molecule is CN=C(NCC(=O)NC(C)(C)C)NCC(C)(C)c1ccccc1Br. The summed E-state index contributed by atoms with van der Waals surface area (Å²) in [6, 6.07) is 8.19. The van der Waals surface area contributed by atoms with E-state index in [2.05, 4.69) is 56.8 Å². The number of guanidine groups is 1. The van der Waals surface area contributed by atoms with Crippen LogP contribution in [0.4, 0.5) is 0 Å². The number of halogens is 1. The summed E-state index contributed by atoms with van der Waals surface area (Å²) in [4.78, 5) is 16.1. The molecule has 3 N–H and O–H groups in total. The van der Waals surface area contributed by atoms with Crippen molar-refractivity contribution >= 4 is 27.8 Å². The molecule has 0 aromatic heterocycles. The number of amides is 1. The largest absolute Gasteiger partial charge is 0.356 e. The van der Waals surface area contributed by atoms with E-state index in [9.17, 15) is 4.79 Å². The topological polar surface area (TPSA) is 65.5 Å². The van der Waals surface area contributed by atoms with Crippen molar-refractivity contribution in [1.29, 1.82) is 0 Å². The Hall–Kier alpha value is -1.56. The van der Waals surface area contributed by atoms with Crippen molar-refractivity contribution in [1.82, 2.24) is 16.0 Å². The van der Waals surface area contributed by atoms with E-state index >= 15 is 0 Å². The molecule has 0 fully saturated rings. The third-order valence-electron chi connectivity index (χ3n) is 3.46. The van der Waals surface area contributed by atoms with Crippen molar-refractivity contribution in [3.05, 3.63) is 34.3 Å². The summed E-state index contributed by atoms with van der Waals surface area (Å²) in [6.07, 6.45) is 0. The van der Waals surface area contributed by atoms with Gasteiger partial charge in [-0.2, -0.15) is 0 Å². The van der Waals surface area contributed by atoms with Crippen molar-refractivity contribution in [3.63, 3.8) is 0 Å². The predicted octanol–water partition coefficient (Wildman–Crippen LogP) is 2.81. The molecule has 0 unspecified atom stereocenters. The smallest absolute Gasteiger partial charge is 0.239 e. The average molecular weight is 397 g/mol. The van der Waals surface area contributed by atoms with Crippen LogP contribution in [-0.2, 0) is 10.2 Å². The highest BCUT2D eigenvalue weighted by atomic mass is 79.9. The van der Waals surface area contributed by atoms with E-state index in [0.717, 1.165) is 4.47 Å². The molecule has 0 saturated heterocycles. The first kappa shape index (κ1) is 20.5. The number of aliphatic imine (C=N–C) groups is 1. The van der Waals surface area contributed by atoms with E-state index in [4.69, 9.17) is 0 Å². The van der Waals surface area contributed by atoms with Crippen LogP contribution in [0, 0.1) is 0 Å². The molecule has 0 spiro atoms. The molecule has 0 aliphatic heterocycles. The van der Waals surface area contributed by atoms with Gasteiger partial charge in [-0.25, -0.2) is 0 Å². The lowest BCUT2D eigenvalue weighted by molar-refractivity contribution is -0.121. The second-order valence-corrected chi connectivity index (χ2v) is 8.30. The van der Waals surface area contributed by atoms with E-state index in [1.807, 2.05) is 39.0 Å². The number of hydrogen-bond acceptors (Lipinski definition) is 2. The minimum atomic E-state index is -0.239. The van der Waals surface area contributed by atoms with Gasteiger partial charge in [-0.1, -0.05) is 48.0 Å². The summed E-state index contributed by atoms with van der Waals surface area (Å²) in [5, 5.41) is 9.25. The normalized spacial score (nSPS) is 12.7. The first-order valence-corrected chi connectivity index (χ1v) is 8.85. The maximum atomic E-state index is 11.9. The van der Waals surface area contributed by atoms with Crippen LogP contribution in [0.3, 0.4) is 0 Å². The van der Waals surface area contributed by atoms with Crippen molar-refractivity contribution in [2.45, 2.75) is 45.6 Å². The maximum Gasteiger partial charge on any atom is 0.239 e. The van der Waals surface area contributed by atoms with Gasteiger partial charge in [-0.05, 0) is 32.4 Å². The molecular formula is C18H29BrN4O. The number of nitrogens with one attached hydrogen (secondary N) is 3. The van der Waals surface area contributed by atoms with Crippen molar-refractivity contribution in [2.24, 2.45) is 4.99 Å². The summed E-state index contributed by atoms with van der Waals surface area (Å²) < 4.78 is 1.09. The van der Waals surface area contributed by atoms with Gasteiger partial charge in [-0.3, -0.25) is 9.79 Å². The Labute approximate surface area is 153 Å². The summed E-state index contributed by atoms with van der Waals surface area (Å²) in [7, 11) is 1.70. The van der Waals surface area contributed by atoms with E-state index < -0.39 is 0 Å². The molecule has 6 heteroatoms. The van der Waals surface area contributed by atoms with Gasteiger partial charge in [0, 0.05) is 29.0 Å². The lowest BCUT2D eigenvalue weighted by atomic mass is 9.84. The van der Waals surface area contributed by atoms with Crippen LogP contribution in [0.25, 0.3) is 0 Å². The monoisotopic (exact) mass is 396 g/mol. The Morgan fingerprint density at radius 2 is 1.75 bits per heavy atom. The fourth-order valence-corrected chi connectivity index (χ4v) is 3.08. The number of hydrogen-bond donors (Lipinski definition) is 3. The Balaban J connectivity index is 2.58. The quantitative estimate of drug-likeness (QED) is 0.529. The van der Waals surface area contributed by atoms with Gasteiger partial charge < -0.3 is 16.0 Å². The molecule has 0 saturated carbocycles. The molecule has 1 rings (SSSR count). The van der Waals surface area contributed by atoms with Crippen LogP contribution >= 0.6 is 15.9 Å². The molecule has 1 aromatic carbocycles. The maximum absolute atomic E-state index is 11.9. The van der Waals surface area contributed by atoms with Gasteiger partial charge in [-0.15, -0.1) is 0 Å². The molecule has 5 nitrogen and oxygen atoms in total. The molecule has 1 amide bonds. The van der Waals surface area contributed by atoms with Gasteiger partial charge >= 0.3 is 0 Å². The van der Waals surface area contributed by atoms with E-state index in [0.29, 0.717) is 12.5 Å². The van der Waals surface area contributed by atoms with Crippen molar-refractivity contribution in [2.75, 3.05) is 20.1 Å². The molecule has 0 aliphatic rings. The van der Waals surface area contributed by atoms with Crippen molar-refractivity contribution < 1.29 is 4.79 Å². The predicted molar refractivity (Wildman–Crippen MR) is 104 cm³/mol. The Morgan fingerprint density at radius 3 is 2.29 bits per heavy atom. The summed E-state index contributed by atoms with van der Waals surface area (Å²) >= 11 is 3.61. The Morgan fingerprint density at radius 1 is 1.12 bits per heavy atom. The van der Waals surface area contributed by atoms with Crippen LogP contribution in [0.1, 0.15) is 40.2 Å². The van der Waals surface area contributed by atoms with E-state index in [1.165, 1.54) is 5.56 Å². The van der Waals surface area contributed by atoms with Crippen LogP contribution in [0.2, 0.25) is 0 Å². The first-order chi connectivity index (χ1) is 11.0. The van der Waals surface area contributed by atoms with E-state index in [-0.39, 0.29) is 23.4 Å². The first-order valence-electron chi connectivity index (χ1n) is 8.06. The van der Waals surface area contributed by atoms with Crippen LogP contribution in [0.5, 0.6) is 0 Å². The zero-order chi connectivity index (χ0) is 18.4. The Bertz CT molecular complexity index is 591. The summed E-state index contributed by atoms with van der Waals surface area (Å²) in [6.45, 7) is 11.1. The molecule has 0 atom stereocenters. The molecule has 134 valence electrons. The number of rotatable bonds is 5. The van der Waals surface area contributed by atoms with Gasteiger partial charge in [0.25, 0.3) is 0 Å². The minimum absolute atomic E-state index is 0.0597. The van der Waals surface area contributed by atoms with Crippen LogP contribution in [0.15, 0.2) is 33.7 Å². The minimum Gasteiger partial charge on any atom is -0.356 e. The van der Waals surface area contributed by atoms with Crippen molar-refractivity contribution in [3.8, 4) is 0 Å². The van der Waals surface area contributed by atoms with Gasteiger partial charge in [0.05, 0.1) is 6.54 Å². The Kier molecular flexibility index (Phi) is 7.27. The number of benzene rings is 1. The third-order valence-corrected chi connectivity index (χ3v) is 4.15. The second-order valence-electron chi connectivity index (χ2n) is 7.44.